The molecule has 0 radical (unpaired) electrons. The van der Waals surface area contributed by atoms with Crippen molar-refractivity contribution in [2.75, 3.05) is 49.2 Å². The summed E-state index contributed by atoms with van der Waals surface area (Å²) in [6.45, 7) is 6.85. The number of ketones is 1. The first-order chi connectivity index (χ1) is 16.7. The lowest BCUT2D eigenvalue weighted by Gasteiger charge is -2.27. The molecule has 1 unspecified atom stereocenters. The van der Waals surface area contributed by atoms with E-state index in [0.29, 0.717) is 19.6 Å². The van der Waals surface area contributed by atoms with E-state index in [9.17, 15) is 4.79 Å². The minimum Gasteiger partial charge on any atom is -0.489 e. The van der Waals surface area contributed by atoms with E-state index >= 15 is 0 Å². The lowest BCUT2D eigenvalue weighted by atomic mass is 9.95. The van der Waals surface area contributed by atoms with E-state index < -0.39 is 0 Å². The molecule has 2 saturated heterocycles. The summed E-state index contributed by atoms with van der Waals surface area (Å²) < 4.78 is 15.7. The number of ether oxygens (including phenoxy) is 2. The molecule has 2 fully saturated rings. The molecular weight excluding hydrogens is 450 g/mol. The van der Waals surface area contributed by atoms with E-state index in [1.165, 1.54) is 11.5 Å². The summed E-state index contributed by atoms with van der Waals surface area (Å²) in [6.07, 6.45) is 5.04. The fraction of sp³-hybridized carbons (Fsp3) is 0.440. The maximum absolute atomic E-state index is 12.4. The van der Waals surface area contributed by atoms with Crippen LogP contribution in [0.3, 0.4) is 0 Å². The lowest BCUT2D eigenvalue weighted by molar-refractivity contribution is 0.0979. The van der Waals surface area contributed by atoms with Gasteiger partial charge in [0.25, 0.3) is 0 Å². The Bertz CT molecular complexity index is 1090. The molecule has 0 amide bonds. The third kappa shape index (κ3) is 5.37. The Labute approximate surface area is 203 Å². The Kier molecular flexibility index (Phi) is 7.01. The number of carbonyl (C=O) groups excluding carboxylic acids is 1. The molecule has 34 heavy (non-hydrogen) atoms. The summed E-state index contributed by atoms with van der Waals surface area (Å²) in [4.78, 5) is 26.8. The number of hydrogen-bond acceptors (Lipinski definition) is 9. The SMILES string of the molecule is C[C@H](CC(=O)c1ccns1)c1ccc(OC2CCN(c3ccnc(N4CCOCC4)n3)C2)cc1. The van der Waals surface area contributed by atoms with Crippen LogP contribution in [0.25, 0.3) is 0 Å². The van der Waals surface area contributed by atoms with Gasteiger partial charge in [-0.2, -0.15) is 4.98 Å². The quantitative estimate of drug-likeness (QED) is 0.451. The molecule has 2 aromatic heterocycles. The molecule has 0 aliphatic carbocycles. The molecule has 4 heterocycles. The third-order valence-corrected chi connectivity index (χ3v) is 7.13. The number of rotatable bonds is 8. The molecule has 178 valence electrons. The third-order valence-electron chi connectivity index (χ3n) is 6.35. The Morgan fingerprint density at radius 1 is 1.12 bits per heavy atom. The van der Waals surface area contributed by atoms with Crippen molar-refractivity contribution in [1.29, 1.82) is 0 Å². The molecule has 0 spiro atoms. The molecule has 0 bridgehead atoms. The van der Waals surface area contributed by atoms with E-state index in [1.54, 1.807) is 12.3 Å². The summed E-state index contributed by atoms with van der Waals surface area (Å²) in [5.41, 5.74) is 1.13. The first kappa shape index (κ1) is 22.7. The van der Waals surface area contributed by atoms with Gasteiger partial charge in [-0.15, -0.1) is 0 Å². The van der Waals surface area contributed by atoms with Gasteiger partial charge < -0.3 is 19.3 Å². The second-order valence-corrected chi connectivity index (χ2v) is 9.60. The first-order valence-corrected chi connectivity index (χ1v) is 12.5. The highest BCUT2D eigenvalue weighted by Gasteiger charge is 2.26. The van der Waals surface area contributed by atoms with Crippen molar-refractivity contribution in [3.63, 3.8) is 0 Å². The molecule has 0 N–H and O–H groups in total. The van der Waals surface area contributed by atoms with Crippen molar-refractivity contribution in [3.8, 4) is 5.75 Å². The average Bonchev–Trinajstić information content (AvgIpc) is 3.58. The zero-order valence-corrected chi connectivity index (χ0v) is 20.1. The molecule has 5 rings (SSSR count). The average molecular weight is 480 g/mol. The van der Waals surface area contributed by atoms with Gasteiger partial charge in [0.1, 0.15) is 17.7 Å². The zero-order chi connectivity index (χ0) is 23.3. The molecule has 2 aliphatic heterocycles. The van der Waals surface area contributed by atoms with Crippen LogP contribution in [0.4, 0.5) is 11.8 Å². The van der Waals surface area contributed by atoms with Crippen molar-refractivity contribution >= 4 is 29.1 Å². The molecule has 2 aliphatic rings. The standard InChI is InChI=1S/C25H29N5O3S/c1-18(16-22(31)23-6-10-27-34-23)19-2-4-20(5-3-19)33-21-8-11-30(17-21)24-7-9-26-25(28-24)29-12-14-32-15-13-29/h2-7,9-10,18,21H,8,11-17H2,1H3/t18-,21?/m1/s1. The normalized spacial score (nSPS) is 19.3. The maximum Gasteiger partial charge on any atom is 0.227 e. The van der Waals surface area contributed by atoms with Gasteiger partial charge in [-0.25, -0.2) is 9.36 Å². The molecular formula is C25H29N5O3S. The number of nitrogens with zero attached hydrogens (tertiary/aromatic N) is 5. The summed E-state index contributed by atoms with van der Waals surface area (Å²) in [6, 6.07) is 11.9. The number of anilines is 2. The van der Waals surface area contributed by atoms with E-state index in [1.807, 2.05) is 24.4 Å². The fourth-order valence-corrected chi connectivity index (χ4v) is 4.93. The van der Waals surface area contributed by atoms with Crippen LogP contribution in [0.15, 0.2) is 48.8 Å². The summed E-state index contributed by atoms with van der Waals surface area (Å²) >= 11 is 1.26. The van der Waals surface area contributed by atoms with Gasteiger partial charge >= 0.3 is 0 Å². The lowest BCUT2D eigenvalue weighted by Crippen LogP contribution is -2.37. The summed E-state index contributed by atoms with van der Waals surface area (Å²) in [5, 5.41) is 0. The van der Waals surface area contributed by atoms with E-state index in [2.05, 4.69) is 38.2 Å². The van der Waals surface area contributed by atoms with Crippen LogP contribution < -0.4 is 14.5 Å². The number of benzene rings is 1. The van der Waals surface area contributed by atoms with Gasteiger partial charge in [0.2, 0.25) is 5.95 Å². The number of morpholine rings is 1. The van der Waals surface area contributed by atoms with Crippen LogP contribution in [-0.4, -0.2) is 65.6 Å². The van der Waals surface area contributed by atoms with E-state index in [0.717, 1.165) is 60.6 Å². The van der Waals surface area contributed by atoms with Crippen LogP contribution in [0.5, 0.6) is 5.75 Å². The molecule has 9 heteroatoms. The van der Waals surface area contributed by atoms with E-state index in [4.69, 9.17) is 14.5 Å². The minimum absolute atomic E-state index is 0.109. The van der Waals surface area contributed by atoms with Crippen molar-refractivity contribution in [3.05, 3.63) is 59.2 Å². The number of Topliss-reactive ketones (excluding diaryl/α,β-unsaturated/α-hetero) is 1. The molecule has 8 nitrogen and oxygen atoms in total. The second kappa shape index (κ2) is 10.5. The highest BCUT2D eigenvalue weighted by Crippen LogP contribution is 2.27. The van der Waals surface area contributed by atoms with Gasteiger partial charge in [0.05, 0.1) is 24.6 Å². The van der Waals surface area contributed by atoms with Gasteiger partial charge in [-0.3, -0.25) is 4.79 Å². The van der Waals surface area contributed by atoms with Gasteiger partial charge in [0, 0.05) is 44.9 Å². The van der Waals surface area contributed by atoms with Crippen LogP contribution >= 0.6 is 11.5 Å². The molecule has 3 aromatic rings. The summed E-state index contributed by atoms with van der Waals surface area (Å²) in [5.74, 6) is 2.85. The van der Waals surface area contributed by atoms with Crippen molar-refractivity contribution in [1.82, 2.24) is 14.3 Å². The Morgan fingerprint density at radius 3 is 2.71 bits per heavy atom. The molecule has 1 aromatic carbocycles. The fourth-order valence-electron chi connectivity index (χ4n) is 4.39. The van der Waals surface area contributed by atoms with Crippen LogP contribution in [0, 0.1) is 0 Å². The predicted molar refractivity (Wildman–Crippen MR) is 132 cm³/mol. The number of hydrogen-bond donors (Lipinski definition) is 0. The number of aromatic nitrogens is 3. The van der Waals surface area contributed by atoms with Gasteiger partial charge in [0.15, 0.2) is 5.78 Å². The first-order valence-electron chi connectivity index (χ1n) is 11.8. The summed E-state index contributed by atoms with van der Waals surface area (Å²) in [7, 11) is 0. The Morgan fingerprint density at radius 2 is 1.94 bits per heavy atom. The monoisotopic (exact) mass is 479 g/mol. The van der Waals surface area contributed by atoms with Gasteiger partial charge in [-0.05, 0) is 47.3 Å². The second-order valence-electron chi connectivity index (χ2n) is 8.76. The smallest absolute Gasteiger partial charge is 0.227 e. The van der Waals surface area contributed by atoms with Crippen LogP contribution in [-0.2, 0) is 4.74 Å². The highest BCUT2D eigenvalue weighted by molar-refractivity contribution is 7.08. The maximum atomic E-state index is 12.4. The van der Waals surface area contributed by atoms with Crippen molar-refractivity contribution in [2.24, 2.45) is 0 Å². The molecule has 2 atom stereocenters. The minimum atomic E-state index is 0.109. The van der Waals surface area contributed by atoms with Crippen LogP contribution in [0.2, 0.25) is 0 Å². The molecule has 0 saturated carbocycles. The van der Waals surface area contributed by atoms with Crippen LogP contribution in [0.1, 0.15) is 40.9 Å². The predicted octanol–water partition coefficient (Wildman–Crippen LogP) is 3.80. The van der Waals surface area contributed by atoms with Crippen molar-refractivity contribution in [2.45, 2.75) is 31.8 Å². The largest absolute Gasteiger partial charge is 0.489 e. The van der Waals surface area contributed by atoms with E-state index in [-0.39, 0.29) is 17.8 Å². The topological polar surface area (TPSA) is 80.7 Å². The Balaban J connectivity index is 1.15. The number of carbonyl (C=O) groups is 1. The van der Waals surface area contributed by atoms with Crippen molar-refractivity contribution < 1.29 is 14.3 Å². The Hall–Kier alpha value is -3.04. The highest BCUT2D eigenvalue weighted by atomic mass is 32.1. The zero-order valence-electron chi connectivity index (χ0n) is 19.3. The van der Waals surface area contributed by atoms with Gasteiger partial charge in [-0.1, -0.05) is 19.1 Å².